The van der Waals surface area contributed by atoms with E-state index >= 15 is 0 Å². The van der Waals surface area contributed by atoms with Crippen molar-refractivity contribution in [1.29, 1.82) is 0 Å². The fraction of sp³-hybridized carbons (Fsp3) is 0.500. The summed E-state index contributed by atoms with van der Waals surface area (Å²) in [6.45, 7) is 1.74. The second kappa shape index (κ2) is 5.21. The summed E-state index contributed by atoms with van der Waals surface area (Å²) in [6.07, 6.45) is 0.309. The molecule has 0 aliphatic carbocycles. The minimum atomic E-state index is -3.78. The molecular formula is C10H11Cl2NO4S2. The van der Waals surface area contributed by atoms with Crippen LogP contribution in [0.15, 0.2) is 4.90 Å². The van der Waals surface area contributed by atoms with Crippen molar-refractivity contribution >= 4 is 50.5 Å². The first-order valence-electron chi connectivity index (χ1n) is 5.42. The summed E-state index contributed by atoms with van der Waals surface area (Å²) < 4.78 is 26.5. The molecule has 106 valence electrons. The second-order valence-corrected chi connectivity index (χ2v) is 8.39. The molecule has 0 spiro atoms. The summed E-state index contributed by atoms with van der Waals surface area (Å²) in [6, 6.07) is 0. The van der Waals surface area contributed by atoms with Gasteiger partial charge >= 0.3 is 5.97 Å². The van der Waals surface area contributed by atoms with E-state index < -0.39 is 21.9 Å². The highest BCUT2D eigenvalue weighted by Gasteiger charge is 2.38. The lowest BCUT2D eigenvalue weighted by Crippen LogP contribution is -2.30. The van der Waals surface area contributed by atoms with E-state index in [2.05, 4.69) is 0 Å². The highest BCUT2D eigenvalue weighted by molar-refractivity contribution is 7.89. The average Bonchev–Trinajstić information content (AvgIpc) is 2.85. The number of rotatable bonds is 3. The molecule has 1 N–H and O–H groups in total. The molecule has 1 atom stereocenters. The number of carboxylic acid groups (broad SMARTS) is 1. The van der Waals surface area contributed by atoms with Crippen LogP contribution >= 0.6 is 34.5 Å². The molecule has 5 nitrogen and oxygen atoms in total. The van der Waals surface area contributed by atoms with Crippen molar-refractivity contribution in [2.24, 2.45) is 5.92 Å². The lowest BCUT2D eigenvalue weighted by atomic mass is 10.1. The first-order valence-corrected chi connectivity index (χ1v) is 8.43. The van der Waals surface area contributed by atoms with Gasteiger partial charge in [0.1, 0.15) is 9.23 Å². The maximum atomic E-state index is 12.5. The van der Waals surface area contributed by atoms with Crippen LogP contribution in [0.4, 0.5) is 0 Å². The predicted molar refractivity (Wildman–Crippen MR) is 73.6 cm³/mol. The van der Waals surface area contributed by atoms with Gasteiger partial charge in [-0.25, -0.2) is 8.42 Å². The minimum Gasteiger partial charge on any atom is -0.481 e. The van der Waals surface area contributed by atoms with E-state index in [1.807, 2.05) is 0 Å². The van der Waals surface area contributed by atoms with Gasteiger partial charge in [0.2, 0.25) is 10.0 Å². The molecule has 1 aromatic heterocycles. The summed E-state index contributed by atoms with van der Waals surface area (Å²) in [7, 11) is -3.78. The van der Waals surface area contributed by atoms with Crippen LogP contribution in [0.2, 0.25) is 8.67 Å². The molecule has 0 saturated carbocycles. The smallest absolute Gasteiger partial charge is 0.307 e. The monoisotopic (exact) mass is 343 g/mol. The van der Waals surface area contributed by atoms with Gasteiger partial charge < -0.3 is 5.11 Å². The standard InChI is InChI=1S/C10H11Cl2NO4S2/c1-5-7(9(12)18-8(5)11)19(16,17)13-3-2-6(4-13)10(14)15/h6H,2-4H2,1H3,(H,14,15). The molecular weight excluding hydrogens is 333 g/mol. The highest BCUT2D eigenvalue weighted by atomic mass is 35.5. The molecule has 1 aromatic rings. The molecule has 1 aliphatic rings. The summed E-state index contributed by atoms with van der Waals surface area (Å²) in [5, 5.41) is 8.91. The minimum absolute atomic E-state index is 0.00444. The maximum Gasteiger partial charge on any atom is 0.307 e. The largest absolute Gasteiger partial charge is 0.481 e. The fourth-order valence-electron chi connectivity index (χ4n) is 2.01. The zero-order valence-electron chi connectivity index (χ0n) is 9.89. The Balaban J connectivity index is 2.37. The van der Waals surface area contributed by atoms with Crippen molar-refractivity contribution in [3.8, 4) is 0 Å². The third-order valence-corrected chi connectivity index (χ3v) is 7.17. The van der Waals surface area contributed by atoms with Gasteiger partial charge in [0.05, 0.1) is 10.3 Å². The molecule has 2 rings (SSSR count). The van der Waals surface area contributed by atoms with Crippen molar-refractivity contribution in [2.75, 3.05) is 13.1 Å². The van der Waals surface area contributed by atoms with E-state index in [9.17, 15) is 13.2 Å². The van der Waals surface area contributed by atoms with Crippen molar-refractivity contribution in [3.05, 3.63) is 14.2 Å². The quantitative estimate of drug-likeness (QED) is 0.914. The molecule has 1 saturated heterocycles. The first-order chi connectivity index (χ1) is 8.75. The number of nitrogens with zero attached hydrogens (tertiary/aromatic N) is 1. The number of halogens is 2. The van der Waals surface area contributed by atoms with E-state index in [1.54, 1.807) is 6.92 Å². The topological polar surface area (TPSA) is 74.7 Å². The number of hydrogen-bond acceptors (Lipinski definition) is 4. The zero-order valence-corrected chi connectivity index (χ0v) is 13.0. The SMILES string of the molecule is Cc1c(Cl)sc(Cl)c1S(=O)(=O)N1CCC(C(=O)O)C1. The Morgan fingerprint density at radius 3 is 2.47 bits per heavy atom. The Morgan fingerprint density at radius 2 is 2.05 bits per heavy atom. The number of carbonyl (C=O) groups is 1. The number of carboxylic acids is 1. The van der Waals surface area contributed by atoms with Crippen molar-refractivity contribution in [1.82, 2.24) is 4.31 Å². The van der Waals surface area contributed by atoms with Gasteiger partial charge in [0.25, 0.3) is 0 Å². The van der Waals surface area contributed by atoms with Gasteiger partial charge in [-0.05, 0) is 13.3 Å². The summed E-state index contributed by atoms with van der Waals surface area (Å²) in [4.78, 5) is 10.9. The van der Waals surface area contributed by atoms with Gasteiger partial charge in [0, 0.05) is 18.7 Å². The van der Waals surface area contributed by atoms with E-state index in [0.29, 0.717) is 16.3 Å². The molecule has 0 amide bonds. The second-order valence-electron chi connectivity index (χ2n) is 4.29. The summed E-state index contributed by atoms with van der Waals surface area (Å²) in [5.74, 6) is -1.65. The average molecular weight is 344 g/mol. The number of aliphatic carboxylic acids is 1. The number of thiophene rings is 1. The van der Waals surface area contributed by atoms with Gasteiger partial charge in [-0.2, -0.15) is 4.31 Å². The van der Waals surface area contributed by atoms with Crippen LogP contribution < -0.4 is 0 Å². The zero-order chi connectivity index (χ0) is 14.4. The Labute approximate surface area is 124 Å². The number of sulfonamides is 1. The van der Waals surface area contributed by atoms with Crippen LogP contribution in [-0.4, -0.2) is 36.9 Å². The van der Waals surface area contributed by atoms with Crippen molar-refractivity contribution in [2.45, 2.75) is 18.2 Å². The normalized spacial score (nSPS) is 20.9. The Bertz CT molecular complexity index is 626. The Hall–Kier alpha value is -0.340. The Kier molecular flexibility index (Phi) is 4.13. The van der Waals surface area contributed by atoms with Gasteiger partial charge in [-0.3, -0.25) is 4.79 Å². The molecule has 0 radical (unpaired) electrons. The van der Waals surface area contributed by atoms with Crippen LogP contribution in [0.5, 0.6) is 0 Å². The third-order valence-electron chi connectivity index (χ3n) is 3.09. The Morgan fingerprint density at radius 1 is 1.42 bits per heavy atom. The molecule has 0 bridgehead atoms. The van der Waals surface area contributed by atoms with Gasteiger partial charge in [-0.1, -0.05) is 23.2 Å². The third kappa shape index (κ3) is 2.62. The van der Waals surface area contributed by atoms with Crippen LogP contribution in [0.3, 0.4) is 0 Å². The summed E-state index contributed by atoms with van der Waals surface area (Å²) >= 11 is 12.8. The predicted octanol–water partition coefficient (Wildman–Crippen LogP) is 2.46. The first kappa shape index (κ1) is 15.1. The van der Waals surface area contributed by atoms with Gasteiger partial charge in [-0.15, -0.1) is 11.3 Å². The van der Waals surface area contributed by atoms with E-state index in [-0.39, 0.29) is 22.3 Å². The van der Waals surface area contributed by atoms with Crippen LogP contribution in [0, 0.1) is 12.8 Å². The fourth-order valence-corrected chi connectivity index (χ4v) is 6.01. The number of hydrogen-bond donors (Lipinski definition) is 1. The van der Waals surface area contributed by atoms with Crippen LogP contribution in [0.25, 0.3) is 0 Å². The molecule has 2 heterocycles. The van der Waals surface area contributed by atoms with Crippen molar-refractivity contribution in [3.63, 3.8) is 0 Å². The molecule has 19 heavy (non-hydrogen) atoms. The van der Waals surface area contributed by atoms with Gasteiger partial charge in [0.15, 0.2) is 0 Å². The molecule has 9 heteroatoms. The summed E-state index contributed by atoms with van der Waals surface area (Å²) in [5.41, 5.74) is 0.412. The highest BCUT2D eigenvalue weighted by Crippen LogP contribution is 2.41. The molecule has 1 unspecified atom stereocenters. The van der Waals surface area contributed by atoms with Crippen LogP contribution in [0.1, 0.15) is 12.0 Å². The van der Waals surface area contributed by atoms with Crippen molar-refractivity contribution < 1.29 is 18.3 Å². The lowest BCUT2D eigenvalue weighted by Gasteiger charge is -2.16. The lowest BCUT2D eigenvalue weighted by molar-refractivity contribution is -0.141. The molecule has 1 aliphatic heterocycles. The van der Waals surface area contributed by atoms with Crippen LogP contribution in [-0.2, 0) is 14.8 Å². The van der Waals surface area contributed by atoms with E-state index in [4.69, 9.17) is 28.3 Å². The molecule has 0 aromatic carbocycles. The van der Waals surface area contributed by atoms with E-state index in [0.717, 1.165) is 15.6 Å². The maximum absolute atomic E-state index is 12.5. The molecule has 1 fully saturated rings. The van der Waals surface area contributed by atoms with E-state index in [1.165, 1.54) is 0 Å².